The highest BCUT2D eigenvalue weighted by atomic mass is 16.5. The summed E-state index contributed by atoms with van der Waals surface area (Å²) in [5.74, 6) is 0.571. The van der Waals surface area contributed by atoms with Gasteiger partial charge in [-0.25, -0.2) is 0 Å². The summed E-state index contributed by atoms with van der Waals surface area (Å²) < 4.78 is 5.45. The van der Waals surface area contributed by atoms with E-state index < -0.39 is 0 Å². The Balaban J connectivity index is 2.31. The summed E-state index contributed by atoms with van der Waals surface area (Å²) in [4.78, 5) is 13.5. The minimum Gasteiger partial charge on any atom is -0.472 e. The summed E-state index contributed by atoms with van der Waals surface area (Å²) >= 11 is 0. The van der Waals surface area contributed by atoms with E-state index in [-0.39, 0.29) is 19.2 Å². The molecule has 2 rings (SSSR count). The molecule has 1 heterocycles. The SMILES string of the molecule is CCc1ccc2c(c1)C(=O)N(CCO)CO2. The Hall–Kier alpha value is -1.55. The highest BCUT2D eigenvalue weighted by Crippen LogP contribution is 2.25. The Kier molecular flexibility index (Phi) is 3.10. The number of ether oxygens (including phenoxy) is 1. The van der Waals surface area contributed by atoms with Gasteiger partial charge in [0, 0.05) is 6.54 Å². The second kappa shape index (κ2) is 4.53. The van der Waals surface area contributed by atoms with Crippen LogP contribution in [0.15, 0.2) is 18.2 Å². The molecule has 16 heavy (non-hydrogen) atoms. The molecule has 1 N–H and O–H groups in total. The van der Waals surface area contributed by atoms with Crippen molar-refractivity contribution in [1.29, 1.82) is 0 Å². The molecule has 1 aromatic carbocycles. The zero-order chi connectivity index (χ0) is 11.5. The predicted octanol–water partition coefficient (Wildman–Crippen LogP) is 1.03. The maximum Gasteiger partial charge on any atom is 0.260 e. The van der Waals surface area contributed by atoms with Gasteiger partial charge < -0.3 is 14.7 Å². The van der Waals surface area contributed by atoms with Crippen molar-refractivity contribution in [2.24, 2.45) is 0 Å². The lowest BCUT2D eigenvalue weighted by Crippen LogP contribution is -2.40. The molecule has 1 aliphatic rings. The normalized spacial score (nSPS) is 14.6. The molecule has 0 saturated carbocycles. The summed E-state index contributed by atoms with van der Waals surface area (Å²) in [6.07, 6.45) is 0.889. The van der Waals surface area contributed by atoms with Gasteiger partial charge in [0.2, 0.25) is 0 Å². The Bertz CT molecular complexity index is 403. The lowest BCUT2D eigenvalue weighted by atomic mass is 10.1. The third kappa shape index (κ3) is 1.88. The molecule has 1 amide bonds. The monoisotopic (exact) mass is 221 g/mol. The topological polar surface area (TPSA) is 49.8 Å². The second-order valence-corrected chi connectivity index (χ2v) is 3.75. The van der Waals surface area contributed by atoms with Gasteiger partial charge in [0.15, 0.2) is 6.73 Å². The number of carbonyl (C=O) groups is 1. The average molecular weight is 221 g/mol. The number of rotatable bonds is 3. The van der Waals surface area contributed by atoms with Crippen molar-refractivity contribution < 1.29 is 14.6 Å². The maximum atomic E-state index is 12.0. The van der Waals surface area contributed by atoms with Gasteiger partial charge in [-0.05, 0) is 24.1 Å². The summed E-state index contributed by atoms with van der Waals surface area (Å²) in [5, 5.41) is 8.84. The summed E-state index contributed by atoms with van der Waals surface area (Å²) in [5.41, 5.74) is 1.71. The Morgan fingerprint density at radius 3 is 3.00 bits per heavy atom. The highest BCUT2D eigenvalue weighted by molar-refractivity contribution is 5.97. The minimum absolute atomic E-state index is 0.0437. The lowest BCUT2D eigenvalue weighted by Gasteiger charge is -2.28. The fourth-order valence-corrected chi connectivity index (χ4v) is 1.75. The van der Waals surface area contributed by atoms with Crippen LogP contribution in [0.3, 0.4) is 0 Å². The average Bonchev–Trinajstić information content (AvgIpc) is 2.33. The van der Waals surface area contributed by atoms with Crippen molar-refractivity contribution >= 4 is 5.91 Å². The van der Waals surface area contributed by atoms with Gasteiger partial charge in [-0.1, -0.05) is 13.0 Å². The van der Waals surface area contributed by atoms with E-state index in [0.717, 1.165) is 12.0 Å². The fourth-order valence-electron chi connectivity index (χ4n) is 1.75. The van der Waals surface area contributed by atoms with Crippen LogP contribution < -0.4 is 4.74 Å². The largest absolute Gasteiger partial charge is 0.472 e. The zero-order valence-corrected chi connectivity index (χ0v) is 9.27. The van der Waals surface area contributed by atoms with Crippen molar-refractivity contribution in [3.8, 4) is 5.75 Å². The number of aliphatic hydroxyl groups excluding tert-OH is 1. The highest BCUT2D eigenvalue weighted by Gasteiger charge is 2.24. The number of aryl methyl sites for hydroxylation is 1. The first-order valence-electron chi connectivity index (χ1n) is 5.42. The van der Waals surface area contributed by atoms with E-state index in [1.54, 1.807) is 0 Å². The zero-order valence-electron chi connectivity index (χ0n) is 9.27. The molecule has 0 aromatic heterocycles. The van der Waals surface area contributed by atoms with Crippen LogP contribution in [0, 0.1) is 0 Å². The first kappa shape index (κ1) is 11.0. The number of nitrogens with zero attached hydrogens (tertiary/aromatic N) is 1. The van der Waals surface area contributed by atoms with Crippen LogP contribution in [0.25, 0.3) is 0 Å². The number of carbonyl (C=O) groups excluding carboxylic acids is 1. The molecule has 0 radical (unpaired) electrons. The summed E-state index contributed by atoms with van der Waals surface area (Å²) in [6.45, 7) is 2.53. The van der Waals surface area contributed by atoms with Crippen LogP contribution >= 0.6 is 0 Å². The van der Waals surface area contributed by atoms with Crippen molar-refractivity contribution in [2.45, 2.75) is 13.3 Å². The molecular weight excluding hydrogens is 206 g/mol. The third-order valence-corrected chi connectivity index (χ3v) is 2.72. The van der Waals surface area contributed by atoms with Gasteiger partial charge in [0.25, 0.3) is 5.91 Å². The minimum atomic E-state index is -0.0643. The van der Waals surface area contributed by atoms with Crippen LogP contribution in [0.2, 0.25) is 0 Å². The van der Waals surface area contributed by atoms with Crippen molar-refractivity contribution in [2.75, 3.05) is 19.9 Å². The number of aliphatic hydroxyl groups is 1. The smallest absolute Gasteiger partial charge is 0.260 e. The van der Waals surface area contributed by atoms with E-state index in [4.69, 9.17) is 9.84 Å². The van der Waals surface area contributed by atoms with Crippen LogP contribution in [-0.4, -0.2) is 35.8 Å². The first-order chi connectivity index (χ1) is 7.76. The van der Waals surface area contributed by atoms with Crippen LogP contribution in [0.4, 0.5) is 0 Å². The predicted molar refractivity (Wildman–Crippen MR) is 59.4 cm³/mol. The molecule has 1 aromatic rings. The molecule has 0 fully saturated rings. The maximum absolute atomic E-state index is 12.0. The summed E-state index contributed by atoms with van der Waals surface area (Å²) in [6, 6.07) is 5.66. The van der Waals surface area contributed by atoms with Gasteiger partial charge in [0.05, 0.1) is 12.2 Å². The van der Waals surface area contributed by atoms with Crippen LogP contribution in [0.1, 0.15) is 22.8 Å². The Labute approximate surface area is 94.4 Å². The molecule has 0 aliphatic carbocycles. The van der Waals surface area contributed by atoms with Crippen LogP contribution in [0.5, 0.6) is 5.75 Å². The van der Waals surface area contributed by atoms with E-state index in [2.05, 4.69) is 0 Å². The van der Waals surface area contributed by atoms with Gasteiger partial charge in [-0.2, -0.15) is 0 Å². The van der Waals surface area contributed by atoms with E-state index in [9.17, 15) is 4.79 Å². The molecule has 86 valence electrons. The Morgan fingerprint density at radius 1 is 1.50 bits per heavy atom. The van der Waals surface area contributed by atoms with E-state index in [1.807, 2.05) is 25.1 Å². The number of benzene rings is 1. The molecular formula is C12H15NO3. The standard InChI is InChI=1S/C12H15NO3/c1-2-9-3-4-11-10(7-9)12(15)13(5-6-14)8-16-11/h3-4,7,14H,2,5-6,8H2,1H3. The number of β-amino-alcohol motifs (C(OH)–C–C–N with tert-alkyl or cyclic N) is 1. The fraction of sp³-hybridized carbons (Fsp3) is 0.417. The molecule has 0 saturated heterocycles. The quantitative estimate of drug-likeness (QED) is 0.829. The molecule has 4 nitrogen and oxygen atoms in total. The molecule has 0 unspecified atom stereocenters. The molecule has 0 bridgehead atoms. The number of fused-ring (bicyclic) bond motifs is 1. The van der Waals surface area contributed by atoms with Gasteiger partial charge in [-0.15, -0.1) is 0 Å². The number of amides is 1. The van der Waals surface area contributed by atoms with Crippen molar-refractivity contribution in [3.05, 3.63) is 29.3 Å². The molecule has 4 heteroatoms. The Morgan fingerprint density at radius 2 is 2.31 bits per heavy atom. The number of hydrogen-bond donors (Lipinski definition) is 1. The lowest BCUT2D eigenvalue weighted by molar-refractivity contribution is 0.0469. The second-order valence-electron chi connectivity index (χ2n) is 3.75. The number of hydrogen-bond acceptors (Lipinski definition) is 3. The van der Waals surface area contributed by atoms with Gasteiger partial charge in [-0.3, -0.25) is 4.79 Å². The molecule has 0 atom stereocenters. The third-order valence-electron chi connectivity index (χ3n) is 2.72. The van der Waals surface area contributed by atoms with Crippen LogP contribution in [-0.2, 0) is 6.42 Å². The first-order valence-corrected chi connectivity index (χ1v) is 5.42. The van der Waals surface area contributed by atoms with Gasteiger partial charge >= 0.3 is 0 Å². The molecule has 0 spiro atoms. The van der Waals surface area contributed by atoms with Gasteiger partial charge in [0.1, 0.15) is 5.75 Å². The van der Waals surface area contributed by atoms with E-state index in [0.29, 0.717) is 17.9 Å². The van der Waals surface area contributed by atoms with Crippen molar-refractivity contribution in [3.63, 3.8) is 0 Å². The molecule has 1 aliphatic heterocycles. The van der Waals surface area contributed by atoms with Crippen molar-refractivity contribution in [1.82, 2.24) is 4.90 Å². The summed E-state index contributed by atoms with van der Waals surface area (Å²) in [7, 11) is 0. The van der Waals surface area contributed by atoms with E-state index in [1.165, 1.54) is 4.90 Å². The van der Waals surface area contributed by atoms with E-state index >= 15 is 0 Å².